The van der Waals surface area contributed by atoms with Crippen molar-refractivity contribution in [1.82, 2.24) is 9.97 Å². The molecular weight excluding hydrogens is 445 g/mol. The molecule has 0 bridgehead atoms. The molecule has 2 heterocycles. The zero-order chi connectivity index (χ0) is 22.9. The fraction of sp³-hybridized carbons (Fsp3) is 0.0455. The van der Waals surface area contributed by atoms with E-state index in [-0.39, 0.29) is 22.2 Å². The van der Waals surface area contributed by atoms with Crippen LogP contribution in [-0.2, 0) is 6.18 Å². The van der Waals surface area contributed by atoms with Crippen LogP contribution in [0.5, 0.6) is 0 Å². The summed E-state index contributed by atoms with van der Waals surface area (Å²) in [6, 6.07) is 11.5. The van der Waals surface area contributed by atoms with Gasteiger partial charge >= 0.3 is 12.2 Å². The Morgan fingerprint density at radius 2 is 1.81 bits per heavy atom. The SMILES string of the molecule is O=C(Nc1cccc(C(=O)c2c[nH]c3ncccc23)c1)Nc1cc(C(F)(F)F)ccc1Cl. The highest BCUT2D eigenvalue weighted by molar-refractivity contribution is 6.33. The topological polar surface area (TPSA) is 86.9 Å². The molecule has 4 aromatic rings. The van der Waals surface area contributed by atoms with Crippen molar-refractivity contribution < 1.29 is 22.8 Å². The predicted octanol–water partition coefficient (Wildman–Crippen LogP) is 6.11. The average Bonchev–Trinajstić information content (AvgIpc) is 3.18. The van der Waals surface area contributed by atoms with E-state index in [0.717, 1.165) is 18.2 Å². The van der Waals surface area contributed by atoms with Crippen LogP contribution in [0.3, 0.4) is 0 Å². The van der Waals surface area contributed by atoms with Crippen LogP contribution in [0.4, 0.5) is 29.3 Å². The third kappa shape index (κ3) is 4.42. The molecule has 32 heavy (non-hydrogen) atoms. The zero-order valence-electron chi connectivity index (χ0n) is 16.1. The molecule has 0 fully saturated rings. The van der Waals surface area contributed by atoms with Crippen molar-refractivity contribution >= 4 is 45.8 Å². The maximum Gasteiger partial charge on any atom is 0.416 e. The average molecular weight is 459 g/mol. The van der Waals surface area contributed by atoms with Crippen LogP contribution < -0.4 is 10.6 Å². The number of aromatic amines is 1. The molecule has 3 N–H and O–H groups in total. The highest BCUT2D eigenvalue weighted by Crippen LogP contribution is 2.34. The number of anilines is 2. The van der Waals surface area contributed by atoms with E-state index >= 15 is 0 Å². The largest absolute Gasteiger partial charge is 0.416 e. The molecule has 6 nitrogen and oxygen atoms in total. The van der Waals surface area contributed by atoms with Gasteiger partial charge in [-0.1, -0.05) is 23.7 Å². The number of nitrogens with one attached hydrogen (secondary N) is 3. The van der Waals surface area contributed by atoms with Gasteiger partial charge in [-0.15, -0.1) is 0 Å². The maximum atomic E-state index is 12.9. The number of carbonyl (C=O) groups excluding carboxylic acids is 2. The van der Waals surface area contributed by atoms with E-state index in [9.17, 15) is 22.8 Å². The number of halogens is 4. The van der Waals surface area contributed by atoms with Gasteiger partial charge in [-0.05, 0) is 42.5 Å². The van der Waals surface area contributed by atoms with Crippen molar-refractivity contribution in [3.05, 3.63) is 88.7 Å². The Hall–Kier alpha value is -3.85. The molecule has 162 valence electrons. The number of aromatic nitrogens is 2. The molecule has 0 aliphatic heterocycles. The minimum atomic E-state index is -4.58. The second kappa shape index (κ2) is 8.35. The predicted molar refractivity (Wildman–Crippen MR) is 115 cm³/mol. The van der Waals surface area contributed by atoms with E-state index < -0.39 is 17.8 Å². The van der Waals surface area contributed by atoms with Crippen LogP contribution in [0.15, 0.2) is 67.0 Å². The van der Waals surface area contributed by atoms with E-state index in [1.807, 2.05) is 0 Å². The molecule has 0 atom stereocenters. The van der Waals surface area contributed by atoms with Gasteiger partial charge < -0.3 is 15.6 Å². The molecule has 0 unspecified atom stereocenters. The lowest BCUT2D eigenvalue weighted by Crippen LogP contribution is -2.20. The molecular formula is C22H14ClF3N4O2. The Kier molecular flexibility index (Phi) is 5.58. The van der Waals surface area contributed by atoms with Gasteiger partial charge in [0.05, 0.1) is 16.3 Å². The van der Waals surface area contributed by atoms with Crippen molar-refractivity contribution in [2.45, 2.75) is 6.18 Å². The number of hydrogen-bond acceptors (Lipinski definition) is 3. The Morgan fingerprint density at radius 1 is 1.00 bits per heavy atom. The molecule has 2 amide bonds. The fourth-order valence-corrected chi connectivity index (χ4v) is 3.28. The number of fused-ring (bicyclic) bond motifs is 1. The molecule has 2 aromatic heterocycles. The molecule has 0 saturated heterocycles. The molecule has 10 heteroatoms. The fourth-order valence-electron chi connectivity index (χ4n) is 3.12. The van der Waals surface area contributed by atoms with Gasteiger partial charge in [0.25, 0.3) is 0 Å². The second-order valence-electron chi connectivity index (χ2n) is 6.78. The Bertz CT molecular complexity index is 1330. The summed E-state index contributed by atoms with van der Waals surface area (Å²) < 4.78 is 38.7. The van der Waals surface area contributed by atoms with Crippen LogP contribution in [0.2, 0.25) is 5.02 Å². The molecule has 0 aliphatic carbocycles. The van der Waals surface area contributed by atoms with E-state index in [1.165, 1.54) is 6.07 Å². The van der Waals surface area contributed by atoms with Gasteiger partial charge in [0.1, 0.15) is 5.65 Å². The van der Waals surface area contributed by atoms with E-state index in [0.29, 0.717) is 22.2 Å². The minimum Gasteiger partial charge on any atom is -0.345 e. The second-order valence-corrected chi connectivity index (χ2v) is 7.19. The molecule has 2 aromatic carbocycles. The number of H-pyrrole nitrogens is 1. The summed E-state index contributed by atoms with van der Waals surface area (Å²) in [6.45, 7) is 0. The number of nitrogens with zero attached hydrogens (tertiary/aromatic N) is 1. The third-order valence-corrected chi connectivity index (χ3v) is 4.95. The first-order chi connectivity index (χ1) is 15.2. The van der Waals surface area contributed by atoms with Crippen LogP contribution in [0, 0.1) is 0 Å². The van der Waals surface area contributed by atoms with Gasteiger partial charge in [-0.3, -0.25) is 4.79 Å². The molecule has 0 saturated carbocycles. The summed E-state index contributed by atoms with van der Waals surface area (Å²) >= 11 is 5.90. The normalized spacial score (nSPS) is 11.4. The van der Waals surface area contributed by atoms with Crippen molar-refractivity contribution in [3.8, 4) is 0 Å². The Morgan fingerprint density at radius 3 is 2.59 bits per heavy atom. The van der Waals surface area contributed by atoms with Crippen molar-refractivity contribution in [3.63, 3.8) is 0 Å². The van der Waals surface area contributed by atoms with Crippen LogP contribution in [-0.4, -0.2) is 21.8 Å². The van der Waals surface area contributed by atoms with Gasteiger partial charge in [0, 0.05) is 34.6 Å². The Balaban J connectivity index is 1.52. The van der Waals surface area contributed by atoms with Crippen molar-refractivity contribution in [2.24, 2.45) is 0 Å². The molecule has 0 radical (unpaired) electrons. The number of alkyl halides is 3. The van der Waals surface area contributed by atoms with Gasteiger partial charge in [0.15, 0.2) is 5.78 Å². The number of urea groups is 1. The first-order valence-corrected chi connectivity index (χ1v) is 9.62. The standard InChI is InChI=1S/C22H14ClF3N4O2/c23-17-7-6-13(22(24,25)26)10-18(17)30-21(32)29-14-4-1-3-12(9-14)19(31)16-11-28-20-15(16)5-2-8-27-20/h1-11H,(H,27,28)(H2,29,30,32). The number of pyridine rings is 1. The smallest absolute Gasteiger partial charge is 0.345 e. The van der Waals surface area contributed by atoms with Gasteiger partial charge in [-0.2, -0.15) is 13.2 Å². The lowest BCUT2D eigenvalue weighted by Gasteiger charge is -2.12. The summed E-state index contributed by atoms with van der Waals surface area (Å²) in [5.74, 6) is -0.283. The summed E-state index contributed by atoms with van der Waals surface area (Å²) in [4.78, 5) is 32.3. The first kappa shape index (κ1) is 21.4. The van der Waals surface area contributed by atoms with Crippen molar-refractivity contribution in [2.75, 3.05) is 10.6 Å². The number of hydrogen-bond donors (Lipinski definition) is 3. The van der Waals surface area contributed by atoms with Gasteiger partial charge in [0.2, 0.25) is 0 Å². The summed E-state index contributed by atoms with van der Waals surface area (Å²) in [5, 5.41) is 5.39. The number of carbonyl (C=O) groups is 2. The van der Waals surface area contributed by atoms with E-state index in [1.54, 1.807) is 42.7 Å². The van der Waals surface area contributed by atoms with E-state index in [4.69, 9.17) is 11.6 Å². The molecule has 0 spiro atoms. The number of benzene rings is 2. The highest BCUT2D eigenvalue weighted by atomic mass is 35.5. The lowest BCUT2D eigenvalue weighted by atomic mass is 10.0. The highest BCUT2D eigenvalue weighted by Gasteiger charge is 2.31. The zero-order valence-corrected chi connectivity index (χ0v) is 16.9. The molecule has 4 rings (SSSR count). The van der Waals surface area contributed by atoms with Crippen LogP contribution in [0.25, 0.3) is 11.0 Å². The first-order valence-electron chi connectivity index (χ1n) is 9.24. The number of rotatable bonds is 4. The quantitative estimate of drug-likeness (QED) is 0.322. The monoisotopic (exact) mass is 458 g/mol. The number of ketones is 1. The Labute approximate surface area is 184 Å². The van der Waals surface area contributed by atoms with Crippen molar-refractivity contribution in [1.29, 1.82) is 0 Å². The van der Waals surface area contributed by atoms with Crippen LogP contribution >= 0.6 is 11.6 Å². The number of amides is 2. The maximum absolute atomic E-state index is 12.9. The molecule has 0 aliphatic rings. The summed E-state index contributed by atoms with van der Waals surface area (Å²) in [6.07, 6.45) is -1.42. The summed E-state index contributed by atoms with van der Waals surface area (Å²) in [5.41, 5.74) is 0.433. The summed E-state index contributed by atoms with van der Waals surface area (Å²) in [7, 11) is 0. The van der Waals surface area contributed by atoms with E-state index in [2.05, 4.69) is 20.6 Å². The lowest BCUT2D eigenvalue weighted by molar-refractivity contribution is -0.137. The third-order valence-electron chi connectivity index (χ3n) is 4.62. The van der Waals surface area contributed by atoms with Crippen LogP contribution in [0.1, 0.15) is 21.5 Å². The van der Waals surface area contributed by atoms with Gasteiger partial charge in [-0.25, -0.2) is 9.78 Å². The minimum absolute atomic E-state index is 0.0509.